The molecule has 0 saturated carbocycles. The van der Waals surface area contributed by atoms with Crippen LogP contribution in [0.1, 0.15) is 58.8 Å². The first kappa shape index (κ1) is 17.0. The van der Waals surface area contributed by atoms with Gasteiger partial charge >= 0.3 is 12.1 Å². The summed E-state index contributed by atoms with van der Waals surface area (Å²) >= 11 is 0. The molecule has 0 radical (unpaired) electrons. The molecule has 1 amide bonds. The van der Waals surface area contributed by atoms with Gasteiger partial charge in [0.2, 0.25) is 0 Å². The van der Waals surface area contributed by atoms with Gasteiger partial charge in [0.15, 0.2) is 0 Å². The van der Waals surface area contributed by atoms with Crippen molar-refractivity contribution in [3.05, 3.63) is 18.2 Å². The molecule has 1 rings (SSSR count). The van der Waals surface area contributed by atoms with Gasteiger partial charge in [-0.1, -0.05) is 0 Å². The number of aliphatic carboxylic acids is 1. The molecule has 118 valence electrons. The molecule has 1 aromatic heterocycles. The molecule has 0 aliphatic carbocycles. The Balaban J connectivity index is 2.93. The van der Waals surface area contributed by atoms with E-state index in [1.165, 1.54) is 0 Å². The standard InChI is InChI=1S/C14H23N3O4/c1-9(2)17-8-15-7-11(17)10(6-12(18)19)16-13(20)21-14(3,4)5/h7-10H,6H2,1-5H3,(H,16,20)(H,18,19)/t10-/m1/s1. The Hall–Kier alpha value is -2.05. The molecular formula is C14H23N3O4. The molecule has 1 heterocycles. The van der Waals surface area contributed by atoms with Crippen LogP contribution < -0.4 is 5.32 Å². The first-order valence-corrected chi connectivity index (χ1v) is 6.83. The molecule has 0 fully saturated rings. The van der Waals surface area contributed by atoms with E-state index in [0.717, 1.165) is 0 Å². The van der Waals surface area contributed by atoms with Gasteiger partial charge in [0.25, 0.3) is 0 Å². The second-order valence-corrected chi connectivity index (χ2v) is 6.12. The Morgan fingerprint density at radius 1 is 1.43 bits per heavy atom. The molecule has 2 N–H and O–H groups in total. The minimum absolute atomic E-state index is 0.110. The first-order chi connectivity index (χ1) is 9.60. The van der Waals surface area contributed by atoms with Gasteiger partial charge in [-0.25, -0.2) is 9.78 Å². The summed E-state index contributed by atoms with van der Waals surface area (Å²) in [7, 11) is 0. The summed E-state index contributed by atoms with van der Waals surface area (Å²) in [5.74, 6) is -1.01. The Bertz CT molecular complexity index is 503. The molecule has 0 unspecified atom stereocenters. The Labute approximate surface area is 124 Å². The van der Waals surface area contributed by atoms with Gasteiger partial charge in [-0.3, -0.25) is 4.79 Å². The number of imidazole rings is 1. The maximum absolute atomic E-state index is 11.9. The van der Waals surface area contributed by atoms with Crippen LogP contribution in [0.25, 0.3) is 0 Å². The summed E-state index contributed by atoms with van der Waals surface area (Å²) < 4.78 is 7.00. The fourth-order valence-electron chi connectivity index (χ4n) is 1.87. The second kappa shape index (κ2) is 6.60. The zero-order valence-corrected chi connectivity index (χ0v) is 13.1. The number of carboxylic acids is 1. The molecule has 1 atom stereocenters. The lowest BCUT2D eigenvalue weighted by molar-refractivity contribution is -0.137. The molecule has 7 nitrogen and oxygen atoms in total. The molecule has 0 bridgehead atoms. The summed E-state index contributed by atoms with van der Waals surface area (Å²) in [6.45, 7) is 9.15. The van der Waals surface area contributed by atoms with Gasteiger partial charge in [-0.15, -0.1) is 0 Å². The quantitative estimate of drug-likeness (QED) is 0.871. The molecule has 0 spiro atoms. The number of carbonyl (C=O) groups excluding carboxylic acids is 1. The number of hydrogen-bond acceptors (Lipinski definition) is 4. The van der Waals surface area contributed by atoms with Gasteiger partial charge in [-0.2, -0.15) is 0 Å². The molecule has 0 aromatic carbocycles. The average Bonchev–Trinajstić information content (AvgIpc) is 2.73. The van der Waals surface area contributed by atoms with Gasteiger partial charge in [0.1, 0.15) is 5.60 Å². The van der Waals surface area contributed by atoms with E-state index >= 15 is 0 Å². The van der Waals surface area contributed by atoms with Crippen molar-refractivity contribution in [2.24, 2.45) is 0 Å². The highest BCUT2D eigenvalue weighted by Crippen LogP contribution is 2.21. The van der Waals surface area contributed by atoms with E-state index in [4.69, 9.17) is 9.84 Å². The topological polar surface area (TPSA) is 93.5 Å². The molecule has 7 heteroatoms. The van der Waals surface area contributed by atoms with E-state index < -0.39 is 23.7 Å². The van der Waals surface area contributed by atoms with Gasteiger partial charge in [-0.05, 0) is 34.6 Å². The van der Waals surface area contributed by atoms with Crippen molar-refractivity contribution in [2.45, 2.75) is 58.7 Å². The Morgan fingerprint density at radius 2 is 2.05 bits per heavy atom. The highest BCUT2D eigenvalue weighted by Gasteiger charge is 2.25. The number of amides is 1. The fraction of sp³-hybridized carbons (Fsp3) is 0.643. The normalized spacial score (nSPS) is 13.0. The number of nitrogens with zero attached hydrogens (tertiary/aromatic N) is 2. The highest BCUT2D eigenvalue weighted by atomic mass is 16.6. The van der Waals surface area contributed by atoms with Crippen LogP contribution >= 0.6 is 0 Å². The largest absolute Gasteiger partial charge is 0.481 e. The lowest BCUT2D eigenvalue weighted by Crippen LogP contribution is -2.36. The summed E-state index contributed by atoms with van der Waals surface area (Å²) in [6, 6.07) is -0.582. The van der Waals surface area contributed by atoms with E-state index in [1.54, 1.807) is 33.3 Å². The van der Waals surface area contributed by atoms with Crippen molar-refractivity contribution in [3.63, 3.8) is 0 Å². The smallest absolute Gasteiger partial charge is 0.408 e. The van der Waals surface area contributed by atoms with E-state index in [0.29, 0.717) is 5.69 Å². The Kier molecular flexibility index (Phi) is 5.34. The van der Waals surface area contributed by atoms with Crippen LogP contribution in [0.2, 0.25) is 0 Å². The van der Waals surface area contributed by atoms with Crippen LogP contribution in [0, 0.1) is 0 Å². The number of carboxylic acid groups (broad SMARTS) is 1. The minimum atomic E-state index is -1.01. The van der Waals surface area contributed by atoms with Crippen LogP contribution in [0.5, 0.6) is 0 Å². The minimum Gasteiger partial charge on any atom is -0.481 e. The molecule has 21 heavy (non-hydrogen) atoms. The van der Waals surface area contributed by atoms with E-state index in [9.17, 15) is 9.59 Å². The van der Waals surface area contributed by atoms with Crippen LogP contribution in [-0.2, 0) is 9.53 Å². The zero-order valence-electron chi connectivity index (χ0n) is 13.1. The number of alkyl carbamates (subject to hydrolysis) is 1. The maximum atomic E-state index is 11.9. The highest BCUT2D eigenvalue weighted by molar-refractivity contribution is 5.72. The monoisotopic (exact) mass is 297 g/mol. The van der Waals surface area contributed by atoms with Crippen LogP contribution in [0.3, 0.4) is 0 Å². The lowest BCUT2D eigenvalue weighted by atomic mass is 10.1. The number of hydrogen-bond donors (Lipinski definition) is 2. The molecular weight excluding hydrogens is 274 g/mol. The van der Waals surface area contributed by atoms with Gasteiger partial charge < -0.3 is 19.7 Å². The fourth-order valence-corrected chi connectivity index (χ4v) is 1.87. The van der Waals surface area contributed by atoms with Crippen LogP contribution in [0.15, 0.2) is 12.5 Å². The summed E-state index contributed by atoms with van der Waals surface area (Å²) in [5, 5.41) is 11.6. The summed E-state index contributed by atoms with van der Waals surface area (Å²) in [4.78, 5) is 26.9. The molecule has 1 aromatic rings. The van der Waals surface area contributed by atoms with Crippen molar-refractivity contribution in [3.8, 4) is 0 Å². The number of ether oxygens (including phenoxy) is 1. The Morgan fingerprint density at radius 3 is 2.52 bits per heavy atom. The third kappa shape index (κ3) is 5.45. The predicted octanol–water partition coefficient (Wildman–Crippen LogP) is 2.50. The van der Waals surface area contributed by atoms with Gasteiger partial charge in [0.05, 0.1) is 30.7 Å². The number of carbonyl (C=O) groups is 2. The van der Waals surface area contributed by atoms with Crippen molar-refractivity contribution in [2.75, 3.05) is 0 Å². The van der Waals surface area contributed by atoms with Crippen molar-refractivity contribution in [1.82, 2.24) is 14.9 Å². The van der Waals surface area contributed by atoms with E-state index in [2.05, 4.69) is 10.3 Å². The summed E-state index contributed by atoms with van der Waals surface area (Å²) in [5.41, 5.74) is -0.00543. The number of aromatic nitrogens is 2. The third-order valence-corrected chi connectivity index (χ3v) is 2.68. The first-order valence-electron chi connectivity index (χ1n) is 6.83. The third-order valence-electron chi connectivity index (χ3n) is 2.68. The average molecular weight is 297 g/mol. The lowest BCUT2D eigenvalue weighted by Gasteiger charge is -2.24. The van der Waals surface area contributed by atoms with Crippen LogP contribution in [-0.4, -0.2) is 32.3 Å². The van der Waals surface area contributed by atoms with E-state index in [-0.39, 0.29) is 12.5 Å². The second-order valence-electron chi connectivity index (χ2n) is 6.12. The zero-order chi connectivity index (χ0) is 16.2. The molecule has 0 saturated heterocycles. The van der Waals surface area contributed by atoms with Crippen LogP contribution in [0.4, 0.5) is 4.79 Å². The number of rotatable bonds is 5. The predicted molar refractivity (Wildman–Crippen MR) is 77.0 cm³/mol. The molecule has 0 aliphatic rings. The number of nitrogens with one attached hydrogen (secondary N) is 1. The maximum Gasteiger partial charge on any atom is 0.408 e. The summed E-state index contributed by atoms with van der Waals surface area (Å²) in [6.07, 6.45) is 2.29. The van der Waals surface area contributed by atoms with Gasteiger partial charge in [0, 0.05) is 6.04 Å². The van der Waals surface area contributed by atoms with Crippen molar-refractivity contribution >= 4 is 12.1 Å². The van der Waals surface area contributed by atoms with E-state index in [1.807, 2.05) is 18.4 Å². The molecule has 0 aliphatic heterocycles. The SMILES string of the molecule is CC(C)n1cncc1[C@@H](CC(=O)O)NC(=O)OC(C)(C)C. The van der Waals surface area contributed by atoms with Crippen molar-refractivity contribution < 1.29 is 19.4 Å². The van der Waals surface area contributed by atoms with Crippen molar-refractivity contribution in [1.29, 1.82) is 0 Å².